The number of halogens is 1. The number of allylic oxidation sites excluding steroid dienone is 1. The molecule has 0 spiro atoms. The number of carboxylic acids is 1. The van der Waals surface area contributed by atoms with E-state index < -0.39 is 5.97 Å². The summed E-state index contributed by atoms with van der Waals surface area (Å²) in [7, 11) is 0. The minimum atomic E-state index is -0.970. The first-order valence-electron chi connectivity index (χ1n) is 3.82. The fourth-order valence-corrected chi connectivity index (χ4v) is 0.916. The zero-order valence-electron chi connectivity index (χ0n) is 6.90. The highest BCUT2D eigenvalue weighted by Gasteiger charge is 1.91. The SMILES string of the molecule is O=C(O)/C=C\Cc1ccc(F)cc1. The summed E-state index contributed by atoms with van der Waals surface area (Å²) in [6, 6.07) is 5.96. The van der Waals surface area contributed by atoms with Crippen molar-refractivity contribution in [3.05, 3.63) is 47.8 Å². The van der Waals surface area contributed by atoms with E-state index in [2.05, 4.69) is 0 Å². The van der Waals surface area contributed by atoms with Crippen molar-refractivity contribution < 1.29 is 14.3 Å². The van der Waals surface area contributed by atoms with Crippen LogP contribution in [0.5, 0.6) is 0 Å². The first kappa shape index (κ1) is 9.45. The Bertz CT molecular complexity index is 314. The molecule has 0 saturated carbocycles. The molecule has 0 saturated heterocycles. The second-order valence-corrected chi connectivity index (χ2v) is 2.57. The summed E-state index contributed by atoms with van der Waals surface area (Å²) >= 11 is 0. The van der Waals surface area contributed by atoms with Gasteiger partial charge in [-0.05, 0) is 24.1 Å². The van der Waals surface area contributed by atoms with Gasteiger partial charge in [0.25, 0.3) is 0 Å². The Labute approximate surface area is 75.3 Å². The van der Waals surface area contributed by atoms with Crippen molar-refractivity contribution in [2.24, 2.45) is 0 Å². The van der Waals surface area contributed by atoms with Crippen molar-refractivity contribution in [1.29, 1.82) is 0 Å². The van der Waals surface area contributed by atoms with Gasteiger partial charge in [-0.1, -0.05) is 18.2 Å². The average Bonchev–Trinajstić information content (AvgIpc) is 2.08. The molecule has 0 fully saturated rings. The summed E-state index contributed by atoms with van der Waals surface area (Å²) in [5.41, 5.74) is 0.888. The lowest BCUT2D eigenvalue weighted by Crippen LogP contribution is -1.87. The van der Waals surface area contributed by atoms with Crippen LogP contribution >= 0.6 is 0 Å². The second-order valence-electron chi connectivity index (χ2n) is 2.57. The van der Waals surface area contributed by atoms with E-state index in [9.17, 15) is 9.18 Å². The molecule has 1 aromatic rings. The molecule has 0 aliphatic heterocycles. The smallest absolute Gasteiger partial charge is 0.327 e. The quantitative estimate of drug-likeness (QED) is 0.722. The predicted molar refractivity (Wildman–Crippen MR) is 46.9 cm³/mol. The van der Waals surface area contributed by atoms with Gasteiger partial charge in [-0.3, -0.25) is 0 Å². The van der Waals surface area contributed by atoms with E-state index in [-0.39, 0.29) is 5.82 Å². The van der Waals surface area contributed by atoms with Crippen LogP contribution in [0.15, 0.2) is 36.4 Å². The lowest BCUT2D eigenvalue weighted by atomic mass is 10.1. The molecule has 0 unspecified atom stereocenters. The van der Waals surface area contributed by atoms with Crippen molar-refractivity contribution in [1.82, 2.24) is 0 Å². The summed E-state index contributed by atoms with van der Waals surface area (Å²) in [4.78, 5) is 10.1. The molecule has 0 heterocycles. The lowest BCUT2D eigenvalue weighted by Gasteiger charge is -1.94. The van der Waals surface area contributed by atoms with Crippen LogP contribution in [0.2, 0.25) is 0 Å². The molecule has 68 valence electrons. The summed E-state index contributed by atoms with van der Waals surface area (Å²) in [6.45, 7) is 0. The molecule has 0 aliphatic carbocycles. The Balaban J connectivity index is 2.55. The highest BCUT2D eigenvalue weighted by Crippen LogP contribution is 2.03. The van der Waals surface area contributed by atoms with Crippen LogP contribution in [0.3, 0.4) is 0 Å². The van der Waals surface area contributed by atoms with E-state index in [0.29, 0.717) is 6.42 Å². The normalized spacial score (nSPS) is 10.5. The van der Waals surface area contributed by atoms with Crippen molar-refractivity contribution in [2.45, 2.75) is 6.42 Å². The van der Waals surface area contributed by atoms with Crippen molar-refractivity contribution >= 4 is 5.97 Å². The van der Waals surface area contributed by atoms with E-state index in [1.165, 1.54) is 18.2 Å². The van der Waals surface area contributed by atoms with Crippen LogP contribution in [0.25, 0.3) is 0 Å². The largest absolute Gasteiger partial charge is 0.478 e. The third kappa shape index (κ3) is 3.51. The molecule has 0 radical (unpaired) electrons. The highest BCUT2D eigenvalue weighted by atomic mass is 19.1. The number of hydrogen-bond donors (Lipinski definition) is 1. The van der Waals surface area contributed by atoms with E-state index in [4.69, 9.17) is 5.11 Å². The van der Waals surface area contributed by atoms with Gasteiger partial charge in [0.05, 0.1) is 0 Å². The molecule has 0 atom stereocenters. The number of rotatable bonds is 3. The minimum Gasteiger partial charge on any atom is -0.478 e. The van der Waals surface area contributed by atoms with Gasteiger partial charge in [0.15, 0.2) is 0 Å². The fraction of sp³-hybridized carbons (Fsp3) is 0.100. The maximum Gasteiger partial charge on any atom is 0.327 e. The molecule has 0 aliphatic rings. The van der Waals surface area contributed by atoms with E-state index in [1.807, 2.05) is 0 Å². The summed E-state index contributed by atoms with van der Waals surface area (Å²) in [6.07, 6.45) is 3.10. The van der Waals surface area contributed by atoms with Crippen LogP contribution < -0.4 is 0 Å². The van der Waals surface area contributed by atoms with Gasteiger partial charge >= 0.3 is 5.97 Å². The Morgan fingerprint density at radius 2 is 2.00 bits per heavy atom. The first-order valence-corrected chi connectivity index (χ1v) is 3.82. The fourth-order valence-electron chi connectivity index (χ4n) is 0.916. The van der Waals surface area contributed by atoms with E-state index >= 15 is 0 Å². The van der Waals surface area contributed by atoms with Crippen LogP contribution in [-0.4, -0.2) is 11.1 Å². The van der Waals surface area contributed by atoms with Crippen molar-refractivity contribution in [3.63, 3.8) is 0 Å². The van der Waals surface area contributed by atoms with Gasteiger partial charge < -0.3 is 5.11 Å². The van der Waals surface area contributed by atoms with Crippen LogP contribution in [0, 0.1) is 5.82 Å². The number of carboxylic acid groups (broad SMARTS) is 1. The maximum atomic E-state index is 12.4. The first-order chi connectivity index (χ1) is 6.18. The molecular formula is C10H9FO2. The number of carbonyl (C=O) groups is 1. The van der Waals surface area contributed by atoms with Crippen LogP contribution in [0.4, 0.5) is 4.39 Å². The summed E-state index contributed by atoms with van der Waals surface area (Å²) < 4.78 is 12.4. The van der Waals surface area contributed by atoms with Gasteiger partial charge in [-0.25, -0.2) is 9.18 Å². The molecule has 1 rings (SSSR count). The van der Waals surface area contributed by atoms with Gasteiger partial charge in [-0.2, -0.15) is 0 Å². The van der Waals surface area contributed by atoms with Crippen LogP contribution in [0.1, 0.15) is 5.56 Å². The van der Waals surface area contributed by atoms with Gasteiger partial charge in [0.2, 0.25) is 0 Å². The second kappa shape index (κ2) is 4.40. The molecular weight excluding hydrogens is 171 g/mol. The minimum absolute atomic E-state index is 0.286. The summed E-state index contributed by atoms with van der Waals surface area (Å²) in [5.74, 6) is -1.26. The monoisotopic (exact) mass is 180 g/mol. The van der Waals surface area contributed by atoms with Crippen molar-refractivity contribution in [3.8, 4) is 0 Å². The Hall–Kier alpha value is -1.64. The Kier molecular flexibility index (Phi) is 3.20. The number of benzene rings is 1. The predicted octanol–water partition coefficient (Wildman–Crippen LogP) is 2.01. The molecule has 3 heteroatoms. The topological polar surface area (TPSA) is 37.3 Å². The van der Waals surface area contributed by atoms with E-state index in [0.717, 1.165) is 11.6 Å². The van der Waals surface area contributed by atoms with Gasteiger partial charge in [0.1, 0.15) is 5.82 Å². The third-order valence-corrected chi connectivity index (χ3v) is 1.53. The number of aliphatic carboxylic acids is 1. The zero-order chi connectivity index (χ0) is 9.68. The molecule has 0 bridgehead atoms. The van der Waals surface area contributed by atoms with E-state index in [1.54, 1.807) is 12.1 Å². The molecule has 2 nitrogen and oxygen atoms in total. The average molecular weight is 180 g/mol. The van der Waals surface area contributed by atoms with Crippen LogP contribution in [-0.2, 0) is 11.2 Å². The third-order valence-electron chi connectivity index (χ3n) is 1.53. The number of hydrogen-bond acceptors (Lipinski definition) is 1. The lowest BCUT2D eigenvalue weighted by molar-refractivity contribution is -0.131. The zero-order valence-corrected chi connectivity index (χ0v) is 6.90. The van der Waals surface area contributed by atoms with Gasteiger partial charge in [-0.15, -0.1) is 0 Å². The molecule has 0 amide bonds. The van der Waals surface area contributed by atoms with Gasteiger partial charge in [0, 0.05) is 6.08 Å². The molecule has 0 aromatic heterocycles. The maximum absolute atomic E-state index is 12.4. The Morgan fingerprint density at radius 3 is 2.54 bits per heavy atom. The van der Waals surface area contributed by atoms with Crippen molar-refractivity contribution in [2.75, 3.05) is 0 Å². The Morgan fingerprint density at radius 1 is 1.38 bits per heavy atom. The summed E-state index contributed by atoms with van der Waals surface area (Å²) in [5, 5.41) is 8.29. The molecule has 1 aromatic carbocycles. The molecule has 13 heavy (non-hydrogen) atoms. The standard InChI is InChI=1S/C10H9FO2/c11-9-6-4-8(5-7-9)2-1-3-10(12)13/h1,3-7H,2H2,(H,12,13)/b3-1-. The molecule has 1 N–H and O–H groups in total. The highest BCUT2D eigenvalue weighted by molar-refractivity contribution is 5.79.